The molecule has 4 unspecified atom stereocenters. The van der Waals surface area contributed by atoms with E-state index in [9.17, 15) is 19.2 Å². The monoisotopic (exact) mass is 316 g/mol. The summed E-state index contributed by atoms with van der Waals surface area (Å²) in [7, 11) is 0. The van der Waals surface area contributed by atoms with Crippen LogP contribution in [0.25, 0.3) is 0 Å². The summed E-state index contributed by atoms with van der Waals surface area (Å²) >= 11 is 0. The van der Waals surface area contributed by atoms with Crippen molar-refractivity contribution in [2.45, 2.75) is 51.7 Å². The standard InChI is InChI=1S/C13H24N4O5/c1-4-6(2)10(13(21)22)17-12(20)8(5-9(15)18)16-11(19)7(3)14/h6-8,10H,4-5,14H2,1-3H3,(H2,15,18)(H,16,19)(H,17,20)(H,21,22). The molecule has 0 aliphatic carbocycles. The minimum absolute atomic E-state index is 0.320. The summed E-state index contributed by atoms with van der Waals surface area (Å²) in [6.45, 7) is 4.86. The molecule has 0 fully saturated rings. The summed E-state index contributed by atoms with van der Waals surface area (Å²) < 4.78 is 0. The fraction of sp³-hybridized carbons (Fsp3) is 0.692. The molecule has 0 aliphatic rings. The lowest BCUT2D eigenvalue weighted by atomic mass is 9.98. The third-order valence-electron chi connectivity index (χ3n) is 3.23. The van der Waals surface area contributed by atoms with Crippen LogP contribution in [0.1, 0.15) is 33.6 Å². The molecule has 22 heavy (non-hydrogen) atoms. The fourth-order valence-corrected chi connectivity index (χ4v) is 1.65. The first-order chi connectivity index (χ1) is 10.1. The third kappa shape index (κ3) is 6.53. The van der Waals surface area contributed by atoms with Gasteiger partial charge in [-0.15, -0.1) is 0 Å². The number of primary amides is 1. The normalized spacial score (nSPS) is 16.0. The van der Waals surface area contributed by atoms with Crippen LogP contribution < -0.4 is 22.1 Å². The summed E-state index contributed by atoms with van der Waals surface area (Å²) in [6, 6.07) is -3.27. The summed E-state index contributed by atoms with van der Waals surface area (Å²) in [4.78, 5) is 45.9. The van der Waals surface area contributed by atoms with Gasteiger partial charge in [-0.1, -0.05) is 20.3 Å². The van der Waals surface area contributed by atoms with Crippen LogP contribution in [0.3, 0.4) is 0 Å². The summed E-state index contributed by atoms with van der Waals surface area (Å²) in [6.07, 6.45) is 0.0844. The first kappa shape index (κ1) is 19.8. The Labute approximate surface area is 128 Å². The van der Waals surface area contributed by atoms with E-state index in [2.05, 4.69) is 10.6 Å². The SMILES string of the molecule is CCC(C)C(NC(=O)C(CC(N)=O)NC(=O)C(C)N)C(=O)O. The van der Waals surface area contributed by atoms with Crippen LogP contribution in [0.4, 0.5) is 0 Å². The fourth-order valence-electron chi connectivity index (χ4n) is 1.65. The molecule has 0 bridgehead atoms. The highest BCUT2D eigenvalue weighted by atomic mass is 16.4. The maximum Gasteiger partial charge on any atom is 0.326 e. The molecular weight excluding hydrogens is 292 g/mol. The minimum atomic E-state index is -1.26. The molecule has 0 aromatic heterocycles. The predicted octanol–water partition coefficient (Wildman–Crippen LogP) is -1.69. The summed E-state index contributed by atoms with van der Waals surface area (Å²) in [5.74, 6) is -3.75. The first-order valence-corrected chi connectivity index (χ1v) is 6.97. The maximum absolute atomic E-state index is 12.1. The van der Waals surface area contributed by atoms with Crippen molar-refractivity contribution in [3.63, 3.8) is 0 Å². The number of carbonyl (C=O) groups is 4. The van der Waals surface area contributed by atoms with Gasteiger partial charge in [0.1, 0.15) is 12.1 Å². The van der Waals surface area contributed by atoms with Crippen molar-refractivity contribution in [2.24, 2.45) is 17.4 Å². The molecule has 3 amide bonds. The third-order valence-corrected chi connectivity index (χ3v) is 3.23. The number of nitrogens with two attached hydrogens (primary N) is 2. The average molecular weight is 316 g/mol. The van der Waals surface area contributed by atoms with Crippen molar-refractivity contribution < 1.29 is 24.3 Å². The van der Waals surface area contributed by atoms with Crippen molar-refractivity contribution in [2.75, 3.05) is 0 Å². The van der Waals surface area contributed by atoms with Crippen LogP contribution in [-0.4, -0.2) is 46.9 Å². The van der Waals surface area contributed by atoms with E-state index in [0.717, 1.165) is 0 Å². The van der Waals surface area contributed by atoms with Crippen molar-refractivity contribution >= 4 is 23.7 Å². The smallest absolute Gasteiger partial charge is 0.326 e. The van der Waals surface area contributed by atoms with E-state index in [4.69, 9.17) is 16.6 Å². The molecule has 7 N–H and O–H groups in total. The maximum atomic E-state index is 12.1. The highest BCUT2D eigenvalue weighted by Gasteiger charge is 2.30. The van der Waals surface area contributed by atoms with Gasteiger partial charge in [-0.25, -0.2) is 4.79 Å². The largest absolute Gasteiger partial charge is 0.480 e. The highest BCUT2D eigenvalue weighted by molar-refractivity contribution is 5.94. The van der Waals surface area contributed by atoms with Crippen LogP contribution in [0.5, 0.6) is 0 Å². The van der Waals surface area contributed by atoms with Gasteiger partial charge in [0.05, 0.1) is 12.5 Å². The lowest BCUT2D eigenvalue weighted by Crippen LogP contribution is -2.56. The molecule has 0 spiro atoms. The van der Waals surface area contributed by atoms with E-state index in [1.165, 1.54) is 6.92 Å². The van der Waals surface area contributed by atoms with Gasteiger partial charge >= 0.3 is 5.97 Å². The van der Waals surface area contributed by atoms with Gasteiger partial charge in [-0.2, -0.15) is 0 Å². The Morgan fingerprint density at radius 1 is 1.09 bits per heavy atom. The van der Waals surface area contributed by atoms with Crippen molar-refractivity contribution in [1.82, 2.24) is 10.6 Å². The van der Waals surface area contributed by atoms with E-state index in [1.807, 2.05) is 0 Å². The molecule has 0 saturated carbocycles. The van der Waals surface area contributed by atoms with E-state index in [0.29, 0.717) is 6.42 Å². The van der Waals surface area contributed by atoms with Crippen molar-refractivity contribution in [3.05, 3.63) is 0 Å². The number of rotatable bonds is 9. The molecular formula is C13H24N4O5. The molecule has 4 atom stereocenters. The van der Waals surface area contributed by atoms with E-state index in [1.54, 1.807) is 13.8 Å². The second-order valence-corrected chi connectivity index (χ2v) is 5.23. The van der Waals surface area contributed by atoms with Crippen LogP contribution in [0.2, 0.25) is 0 Å². The Morgan fingerprint density at radius 2 is 1.64 bits per heavy atom. The number of carbonyl (C=O) groups excluding carboxylic acids is 3. The Hall–Kier alpha value is -2.16. The topological polar surface area (TPSA) is 165 Å². The van der Waals surface area contributed by atoms with Gasteiger partial charge in [0.2, 0.25) is 17.7 Å². The van der Waals surface area contributed by atoms with Gasteiger partial charge in [-0.3, -0.25) is 14.4 Å². The average Bonchev–Trinajstić information content (AvgIpc) is 2.41. The van der Waals surface area contributed by atoms with E-state index < -0.39 is 48.2 Å². The van der Waals surface area contributed by atoms with E-state index >= 15 is 0 Å². The zero-order chi connectivity index (χ0) is 17.4. The Kier molecular flexibility index (Phi) is 8.10. The molecule has 0 saturated heterocycles. The van der Waals surface area contributed by atoms with Crippen LogP contribution in [0, 0.1) is 5.92 Å². The number of carboxylic acids is 1. The zero-order valence-electron chi connectivity index (χ0n) is 13.0. The van der Waals surface area contributed by atoms with Crippen LogP contribution >= 0.6 is 0 Å². The Morgan fingerprint density at radius 3 is 2.00 bits per heavy atom. The number of nitrogens with one attached hydrogen (secondary N) is 2. The Bertz CT molecular complexity index is 438. The van der Waals surface area contributed by atoms with Crippen molar-refractivity contribution in [1.29, 1.82) is 0 Å². The molecule has 9 heteroatoms. The van der Waals surface area contributed by atoms with Gasteiger partial charge in [0.25, 0.3) is 0 Å². The van der Waals surface area contributed by atoms with Crippen molar-refractivity contribution in [3.8, 4) is 0 Å². The number of hydrogen-bond donors (Lipinski definition) is 5. The van der Waals surface area contributed by atoms with Gasteiger partial charge in [-0.05, 0) is 12.8 Å². The first-order valence-electron chi connectivity index (χ1n) is 6.97. The minimum Gasteiger partial charge on any atom is -0.480 e. The second kappa shape index (κ2) is 8.98. The second-order valence-electron chi connectivity index (χ2n) is 5.23. The van der Waals surface area contributed by atoms with Crippen LogP contribution in [-0.2, 0) is 19.2 Å². The lowest BCUT2D eigenvalue weighted by molar-refractivity contribution is -0.143. The van der Waals surface area contributed by atoms with Gasteiger partial charge < -0.3 is 27.2 Å². The van der Waals surface area contributed by atoms with E-state index in [-0.39, 0.29) is 5.92 Å². The molecule has 9 nitrogen and oxygen atoms in total. The molecule has 0 aromatic rings. The lowest BCUT2D eigenvalue weighted by Gasteiger charge is -2.24. The number of carboxylic acid groups (broad SMARTS) is 1. The molecule has 0 rings (SSSR count). The predicted molar refractivity (Wildman–Crippen MR) is 78.4 cm³/mol. The highest BCUT2D eigenvalue weighted by Crippen LogP contribution is 2.08. The number of amides is 3. The molecule has 0 radical (unpaired) electrons. The number of hydrogen-bond acceptors (Lipinski definition) is 5. The summed E-state index contributed by atoms with van der Waals surface area (Å²) in [5.41, 5.74) is 10.4. The van der Waals surface area contributed by atoms with Crippen LogP contribution in [0.15, 0.2) is 0 Å². The molecule has 0 aromatic carbocycles. The molecule has 0 heterocycles. The quantitative estimate of drug-likeness (QED) is 0.340. The number of aliphatic carboxylic acids is 1. The zero-order valence-corrected chi connectivity index (χ0v) is 13.0. The summed E-state index contributed by atoms with van der Waals surface area (Å²) in [5, 5.41) is 13.7. The Balaban J connectivity index is 5.05. The van der Waals surface area contributed by atoms with Gasteiger partial charge in [0.15, 0.2) is 0 Å². The van der Waals surface area contributed by atoms with Gasteiger partial charge in [0, 0.05) is 0 Å². The molecule has 126 valence electrons. The molecule has 0 aliphatic heterocycles.